The number of carbonyl (C=O) groups excluding carboxylic acids is 1. The number of phenolic OH excluding ortho intramolecular Hbond substituents is 1. The van der Waals surface area contributed by atoms with Crippen LogP contribution in [0.3, 0.4) is 0 Å². The first-order valence-corrected chi connectivity index (χ1v) is 6.64. The molecule has 1 amide bonds. The van der Waals surface area contributed by atoms with Gasteiger partial charge < -0.3 is 15.5 Å². The number of nitrogens with zero attached hydrogens (tertiary/aromatic N) is 1. The molecule has 2 aromatic rings. The molecule has 0 spiro atoms. The molecular weight excluding hydrogens is 280 g/mol. The van der Waals surface area contributed by atoms with E-state index in [1.165, 1.54) is 28.8 Å². The number of carboxylic acid groups (broad SMARTS) is 1. The summed E-state index contributed by atoms with van der Waals surface area (Å²) in [6.45, 7) is 1.71. The van der Waals surface area contributed by atoms with Crippen LogP contribution in [0.15, 0.2) is 29.6 Å². The first-order chi connectivity index (χ1) is 9.47. The highest BCUT2D eigenvalue weighted by Crippen LogP contribution is 2.19. The zero-order valence-corrected chi connectivity index (χ0v) is 11.3. The van der Waals surface area contributed by atoms with E-state index in [1.807, 2.05) is 0 Å². The first-order valence-electron chi connectivity index (χ1n) is 5.76. The van der Waals surface area contributed by atoms with Gasteiger partial charge in [0.1, 0.15) is 10.8 Å². The number of thiazole rings is 1. The molecule has 20 heavy (non-hydrogen) atoms. The van der Waals surface area contributed by atoms with Gasteiger partial charge in [0, 0.05) is 10.9 Å². The van der Waals surface area contributed by atoms with Crippen LogP contribution < -0.4 is 5.32 Å². The summed E-state index contributed by atoms with van der Waals surface area (Å²) >= 11 is 1.17. The van der Waals surface area contributed by atoms with Gasteiger partial charge in [-0.05, 0) is 25.1 Å². The average Bonchev–Trinajstić information content (AvgIpc) is 2.88. The molecule has 0 fully saturated rings. The van der Waals surface area contributed by atoms with Gasteiger partial charge >= 0.3 is 5.97 Å². The third-order valence-electron chi connectivity index (χ3n) is 2.57. The van der Waals surface area contributed by atoms with E-state index in [2.05, 4.69) is 10.3 Å². The van der Waals surface area contributed by atoms with E-state index in [4.69, 9.17) is 5.11 Å². The lowest BCUT2D eigenvalue weighted by atomic mass is 10.2. The Hall–Kier alpha value is -2.41. The van der Waals surface area contributed by atoms with Crippen molar-refractivity contribution in [2.24, 2.45) is 0 Å². The van der Waals surface area contributed by atoms with Crippen molar-refractivity contribution < 1.29 is 19.8 Å². The largest absolute Gasteiger partial charge is 0.508 e. The Labute approximate surface area is 118 Å². The number of carbonyl (C=O) groups is 2. The smallest absolute Gasteiger partial charge is 0.355 e. The Morgan fingerprint density at radius 2 is 2.15 bits per heavy atom. The number of benzene rings is 1. The third-order valence-corrected chi connectivity index (χ3v) is 3.59. The summed E-state index contributed by atoms with van der Waals surface area (Å²) in [7, 11) is 0. The van der Waals surface area contributed by atoms with Crippen LogP contribution in [-0.2, 0) is 0 Å². The Bertz CT molecular complexity index is 653. The molecule has 0 aliphatic rings. The number of phenols is 1. The molecule has 104 valence electrons. The molecule has 0 saturated carbocycles. The van der Waals surface area contributed by atoms with Crippen LogP contribution in [-0.4, -0.2) is 27.1 Å². The van der Waals surface area contributed by atoms with Crippen LogP contribution in [0.2, 0.25) is 0 Å². The molecule has 7 heteroatoms. The van der Waals surface area contributed by atoms with Crippen molar-refractivity contribution in [3.63, 3.8) is 0 Å². The molecule has 0 radical (unpaired) electrons. The molecule has 1 heterocycles. The van der Waals surface area contributed by atoms with Crippen molar-refractivity contribution in [1.82, 2.24) is 10.3 Å². The van der Waals surface area contributed by atoms with Crippen LogP contribution in [0.25, 0.3) is 0 Å². The summed E-state index contributed by atoms with van der Waals surface area (Å²) in [6.07, 6.45) is 0. The van der Waals surface area contributed by atoms with Crippen molar-refractivity contribution in [3.05, 3.63) is 45.9 Å². The molecule has 1 aromatic carbocycles. The topological polar surface area (TPSA) is 99.5 Å². The maximum Gasteiger partial charge on any atom is 0.355 e. The van der Waals surface area contributed by atoms with Gasteiger partial charge in [0.2, 0.25) is 0 Å². The minimum absolute atomic E-state index is 0.00714. The van der Waals surface area contributed by atoms with E-state index < -0.39 is 12.0 Å². The maximum atomic E-state index is 12.0. The second kappa shape index (κ2) is 5.70. The van der Waals surface area contributed by atoms with Crippen LogP contribution in [0.1, 0.15) is 38.8 Å². The van der Waals surface area contributed by atoms with Crippen molar-refractivity contribution in [1.29, 1.82) is 0 Å². The number of nitrogens with one attached hydrogen (secondary N) is 1. The summed E-state index contributed by atoms with van der Waals surface area (Å²) in [5, 5.41) is 22.8. The van der Waals surface area contributed by atoms with Gasteiger partial charge in [-0.15, -0.1) is 11.3 Å². The van der Waals surface area contributed by atoms with Crippen LogP contribution in [0.5, 0.6) is 5.75 Å². The summed E-state index contributed by atoms with van der Waals surface area (Å²) in [6, 6.07) is 5.56. The minimum atomic E-state index is -1.10. The number of aromatic carboxylic acids is 1. The minimum Gasteiger partial charge on any atom is -0.508 e. The van der Waals surface area contributed by atoms with Gasteiger partial charge in [-0.1, -0.05) is 6.07 Å². The number of hydrogen-bond donors (Lipinski definition) is 3. The molecule has 0 bridgehead atoms. The van der Waals surface area contributed by atoms with E-state index in [0.717, 1.165) is 0 Å². The molecule has 2 rings (SSSR count). The fourth-order valence-electron chi connectivity index (χ4n) is 1.57. The van der Waals surface area contributed by atoms with Crippen LogP contribution in [0.4, 0.5) is 0 Å². The fourth-order valence-corrected chi connectivity index (χ4v) is 2.37. The first kappa shape index (κ1) is 14.0. The lowest BCUT2D eigenvalue weighted by Gasteiger charge is -2.11. The second-order valence-corrected chi connectivity index (χ2v) is 5.01. The van der Waals surface area contributed by atoms with Crippen molar-refractivity contribution in [2.45, 2.75) is 13.0 Å². The van der Waals surface area contributed by atoms with E-state index >= 15 is 0 Å². The highest BCUT2D eigenvalue weighted by atomic mass is 32.1. The molecule has 0 aliphatic heterocycles. The van der Waals surface area contributed by atoms with Gasteiger partial charge in [0.15, 0.2) is 5.69 Å². The zero-order valence-electron chi connectivity index (χ0n) is 10.5. The Balaban J connectivity index is 2.08. The van der Waals surface area contributed by atoms with E-state index in [1.54, 1.807) is 19.1 Å². The van der Waals surface area contributed by atoms with Crippen LogP contribution in [0, 0.1) is 0 Å². The molecule has 1 atom stereocenters. The predicted octanol–water partition coefficient (Wildman–Crippen LogP) is 2.04. The zero-order chi connectivity index (χ0) is 14.7. The molecule has 0 saturated heterocycles. The number of rotatable bonds is 4. The normalized spacial score (nSPS) is 11.8. The predicted molar refractivity (Wildman–Crippen MR) is 73.1 cm³/mol. The Morgan fingerprint density at radius 1 is 1.40 bits per heavy atom. The third kappa shape index (κ3) is 3.12. The number of aromatic nitrogens is 1. The number of amides is 1. The van der Waals surface area contributed by atoms with Gasteiger partial charge in [-0.2, -0.15) is 0 Å². The standard InChI is InChI=1S/C13H12N2O4S/c1-7(12-15-10(6-20-12)13(18)19)14-11(17)8-3-2-4-9(16)5-8/h2-7,16H,1H3,(H,14,17)(H,18,19). The van der Waals surface area contributed by atoms with E-state index in [9.17, 15) is 14.7 Å². The monoisotopic (exact) mass is 292 g/mol. The van der Waals surface area contributed by atoms with Gasteiger partial charge in [-0.25, -0.2) is 9.78 Å². The lowest BCUT2D eigenvalue weighted by molar-refractivity contribution is 0.0691. The van der Waals surface area contributed by atoms with Crippen LogP contribution >= 0.6 is 11.3 Å². The van der Waals surface area contributed by atoms with Crippen molar-refractivity contribution >= 4 is 23.2 Å². The van der Waals surface area contributed by atoms with E-state index in [0.29, 0.717) is 10.6 Å². The lowest BCUT2D eigenvalue weighted by Crippen LogP contribution is -2.26. The Morgan fingerprint density at radius 3 is 2.75 bits per heavy atom. The van der Waals surface area contributed by atoms with E-state index in [-0.39, 0.29) is 17.4 Å². The molecule has 1 aromatic heterocycles. The molecule has 1 unspecified atom stereocenters. The SMILES string of the molecule is CC(NC(=O)c1cccc(O)c1)c1nc(C(=O)O)cs1. The quantitative estimate of drug-likeness (QED) is 0.800. The number of carboxylic acids is 1. The molecule has 6 nitrogen and oxygen atoms in total. The van der Waals surface area contributed by atoms with Crippen molar-refractivity contribution in [3.8, 4) is 5.75 Å². The van der Waals surface area contributed by atoms with Gasteiger partial charge in [0.05, 0.1) is 6.04 Å². The average molecular weight is 292 g/mol. The summed E-state index contributed by atoms with van der Waals surface area (Å²) in [5.74, 6) is -1.45. The van der Waals surface area contributed by atoms with Gasteiger partial charge in [0.25, 0.3) is 5.91 Å². The maximum absolute atomic E-state index is 12.0. The molecule has 0 aliphatic carbocycles. The highest BCUT2D eigenvalue weighted by Gasteiger charge is 2.16. The fraction of sp³-hybridized carbons (Fsp3) is 0.154. The summed E-state index contributed by atoms with van der Waals surface area (Å²) < 4.78 is 0. The van der Waals surface area contributed by atoms with Gasteiger partial charge in [-0.3, -0.25) is 4.79 Å². The Kier molecular flexibility index (Phi) is 3.99. The second-order valence-electron chi connectivity index (χ2n) is 4.12. The molecular formula is C13H12N2O4S. The summed E-state index contributed by atoms with van der Waals surface area (Å²) in [5.41, 5.74) is 0.287. The summed E-state index contributed by atoms with van der Waals surface area (Å²) in [4.78, 5) is 26.6. The van der Waals surface area contributed by atoms with Crippen molar-refractivity contribution in [2.75, 3.05) is 0 Å². The highest BCUT2D eigenvalue weighted by molar-refractivity contribution is 7.09. The number of aromatic hydroxyl groups is 1. The number of hydrogen-bond acceptors (Lipinski definition) is 5. The molecule has 3 N–H and O–H groups in total.